The molecule has 2 aromatic carbocycles. The van der Waals surface area contributed by atoms with Crippen molar-refractivity contribution in [1.29, 1.82) is 0 Å². The van der Waals surface area contributed by atoms with Gasteiger partial charge < -0.3 is 14.8 Å². The highest BCUT2D eigenvalue weighted by Gasteiger charge is 2.26. The lowest BCUT2D eigenvalue weighted by atomic mass is 10.1. The molecule has 2 aromatic rings. The topological polar surface area (TPSA) is 81.7 Å². The number of rotatable bonds is 9. The minimum Gasteiger partial charge on any atom is -0.493 e. The number of methoxy groups -OCH3 is 1. The van der Waals surface area contributed by atoms with Gasteiger partial charge in [-0.1, -0.05) is 6.07 Å². The lowest BCUT2D eigenvalue weighted by molar-refractivity contribution is -0.0512. The first-order chi connectivity index (χ1) is 13.6. The van der Waals surface area contributed by atoms with Gasteiger partial charge in [-0.3, -0.25) is 4.79 Å². The fraction of sp³-hybridized carbons (Fsp3) is 0.278. The van der Waals surface area contributed by atoms with Crippen LogP contribution in [0.5, 0.6) is 11.5 Å². The van der Waals surface area contributed by atoms with Crippen LogP contribution in [-0.2, 0) is 16.3 Å². The Morgan fingerprint density at radius 3 is 2.24 bits per heavy atom. The molecule has 6 nitrogen and oxygen atoms in total. The fourth-order valence-electron chi connectivity index (χ4n) is 2.39. The van der Waals surface area contributed by atoms with Crippen molar-refractivity contribution in [3.8, 4) is 11.5 Å². The van der Waals surface area contributed by atoms with E-state index in [0.29, 0.717) is 5.56 Å². The number of hydrogen-bond donors (Lipinski definition) is 1. The maximum atomic E-state index is 12.5. The highest BCUT2D eigenvalue weighted by atomic mass is 32.2. The molecule has 0 fully saturated rings. The van der Waals surface area contributed by atoms with Crippen LogP contribution in [0.2, 0.25) is 0 Å². The molecule has 0 aromatic heterocycles. The first-order valence-corrected chi connectivity index (χ1v) is 9.72. The molecule has 0 heterocycles. The summed E-state index contributed by atoms with van der Waals surface area (Å²) in [5.74, 6) is -4.10. The van der Waals surface area contributed by atoms with E-state index in [2.05, 4.69) is 10.1 Å². The van der Waals surface area contributed by atoms with Crippen LogP contribution in [0.3, 0.4) is 0 Å². The lowest BCUT2D eigenvalue weighted by Crippen LogP contribution is -2.25. The molecule has 11 heteroatoms. The molecule has 0 unspecified atom stereocenters. The molecule has 29 heavy (non-hydrogen) atoms. The number of carbonyl (C=O) groups excluding carboxylic acids is 1. The fourth-order valence-corrected chi connectivity index (χ4v) is 3.11. The summed E-state index contributed by atoms with van der Waals surface area (Å²) in [6, 6.07) is 8.52. The van der Waals surface area contributed by atoms with Gasteiger partial charge in [0.05, 0.1) is 12.0 Å². The largest absolute Gasteiger partial charge is 0.493 e. The summed E-state index contributed by atoms with van der Waals surface area (Å²) in [4.78, 5) is 11.5. The first-order valence-electron chi connectivity index (χ1n) is 8.17. The van der Waals surface area contributed by atoms with Gasteiger partial charge >= 0.3 is 12.4 Å². The van der Waals surface area contributed by atoms with E-state index in [1.165, 1.54) is 19.2 Å². The maximum absolute atomic E-state index is 12.5. The zero-order valence-corrected chi connectivity index (χ0v) is 15.9. The van der Waals surface area contributed by atoms with E-state index in [1.54, 1.807) is 6.07 Å². The van der Waals surface area contributed by atoms with Crippen molar-refractivity contribution in [2.45, 2.75) is 23.7 Å². The van der Waals surface area contributed by atoms with E-state index >= 15 is 0 Å². The van der Waals surface area contributed by atoms with Crippen LogP contribution in [0.4, 0.5) is 17.6 Å². The van der Waals surface area contributed by atoms with Crippen molar-refractivity contribution in [2.24, 2.45) is 0 Å². The van der Waals surface area contributed by atoms with Crippen molar-refractivity contribution in [2.75, 3.05) is 13.7 Å². The van der Waals surface area contributed by atoms with Crippen molar-refractivity contribution in [1.82, 2.24) is 5.32 Å². The van der Waals surface area contributed by atoms with Crippen molar-refractivity contribution in [3.63, 3.8) is 0 Å². The Kier molecular flexibility index (Phi) is 7.43. The van der Waals surface area contributed by atoms with Gasteiger partial charge in [-0.05, 0) is 48.4 Å². The minimum atomic E-state index is -4.73. The van der Waals surface area contributed by atoms with Crippen LogP contribution in [0.25, 0.3) is 0 Å². The number of alkyl halides is 4. The van der Waals surface area contributed by atoms with Gasteiger partial charge in [-0.25, -0.2) is 8.42 Å². The molecule has 0 bridgehead atoms. The van der Waals surface area contributed by atoms with Gasteiger partial charge in [0.15, 0.2) is 11.5 Å². The van der Waals surface area contributed by atoms with Crippen LogP contribution in [-0.4, -0.2) is 40.3 Å². The molecule has 0 spiro atoms. The Morgan fingerprint density at radius 2 is 1.69 bits per heavy atom. The second-order valence-electron chi connectivity index (χ2n) is 5.70. The highest BCUT2D eigenvalue weighted by molar-refractivity contribution is 7.91. The number of ether oxygens (including phenoxy) is 2. The molecule has 0 radical (unpaired) electrons. The predicted molar refractivity (Wildman–Crippen MR) is 95.3 cm³/mol. The van der Waals surface area contributed by atoms with Gasteiger partial charge in [-0.15, -0.1) is 0 Å². The zero-order valence-electron chi connectivity index (χ0n) is 15.1. The highest BCUT2D eigenvalue weighted by Crippen LogP contribution is 2.29. The Bertz CT molecular complexity index is 949. The van der Waals surface area contributed by atoms with E-state index in [1.807, 2.05) is 0 Å². The number of hydrogen-bond acceptors (Lipinski definition) is 5. The SMILES string of the molecule is COc1ccc(CCNC(=O)c2ccc(S(=O)(=O)C(F)F)cc2)cc1OC(F)F. The van der Waals surface area contributed by atoms with Gasteiger partial charge in [0.1, 0.15) is 0 Å². The summed E-state index contributed by atoms with van der Waals surface area (Å²) >= 11 is 0. The third-order valence-corrected chi connectivity index (χ3v) is 5.22. The Balaban J connectivity index is 1.98. The van der Waals surface area contributed by atoms with Gasteiger partial charge in [0, 0.05) is 12.1 Å². The number of nitrogens with one attached hydrogen (secondary N) is 1. The normalized spacial score (nSPS) is 11.6. The van der Waals surface area contributed by atoms with Crippen LogP contribution in [0, 0.1) is 0 Å². The number of halogens is 4. The molecule has 2 rings (SSSR count). The molecule has 1 N–H and O–H groups in total. The second kappa shape index (κ2) is 9.59. The van der Waals surface area contributed by atoms with Crippen LogP contribution < -0.4 is 14.8 Å². The molecule has 0 saturated carbocycles. The van der Waals surface area contributed by atoms with E-state index in [-0.39, 0.29) is 30.0 Å². The Hall–Kier alpha value is -2.82. The van der Waals surface area contributed by atoms with Crippen molar-refractivity contribution in [3.05, 3.63) is 53.6 Å². The third-order valence-electron chi connectivity index (χ3n) is 3.82. The predicted octanol–water partition coefficient (Wildman–Crippen LogP) is 3.27. The Labute approximate surface area is 164 Å². The minimum absolute atomic E-state index is 0.0784. The average molecular weight is 435 g/mol. The molecule has 0 aliphatic heterocycles. The summed E-state index contributed by atoms with van der Waals surface area (Å²) in [7, 11) is -3.42. The standard InChI is InChI=1S/C18H17F4NO5S/c1-27-14-7-2-11(10-15(14)28-17(19)20)8-9-23-16(24)12-3-5-13(6-4-12)29(25,26)18(21)22/h2-7,10,17-18H,8-9H2,1H3,(H,23,24). The van der Waals surface area contributed by atoms with E-state index in [9.17, 15) is 30.8 Å². The molecule has 0 aliphatic rings. The van der Waals surface area contributed by atoms with Gasteiger partial charge in [0.25, 0.3) is 5.91 Å². The van der Waals surface area contributed by atoms with Crippen molar-refractivity contribution < 1.29 is 40.2 Å². The van der Waals surface area contributed by atoms with Gasteiger partial charge in [0.2, 0.25) is 9.84 Å². The molecule has 0 atom stereocenters. The first kappa shape index (κ1) is 22.5. The summed E-state index contributed by atoms with van der Waals surface area (Å²) in [5.41, 5.74) is 0.676. The average Bonchev–Trinajstić information content (AvgIpc) is 2.67. The molecular formula is C18H17F4NO5S. The smallest absolute Gasteiger partial charge is 0.387 e. The number of carbonyl (C=O) groups is 1. The lowest BCUT2D eigenvalue weighted by Gasteiger charge is -2.12. The summed E-state index contributed by atoms with van der Waals surface area (Å²) < 4.78 is 81.9. The summed E-state index contributed by atoms with van der Waals surface area (Å²) in [6.07, 6.45) is 0.285. The molecule has 0 saturated heterocycles. The van der Waals surface area contributed by atoms with E-state index in [4.69, 9.17) is 4.74 Å². The van der Waals surface area contributed by atoms with Crippen LogP contribution >= 0.6 is 0 Å². The number of amides is 1. The number of sulfone groups is 1. The van der Waals surface area contributed by atoms with Gasteiger partial charge in [-0.2, -0.15) is 17.6 Å². The van der Waals surface area contributed by atoms with Crippen LogP contribution in [0.15, 0.2) is 47.4 Å². The molecule has 1 amide bonds. The maximum Gasteiger partial charge on any atom is 0.387 e. The monoisotopic (exact) mass is 435 g/mol. The zero-order chi connectivity index (χ0) is 21.6. The summed E-state index contributed by atoms with van der Waals surface area (Å²) in [5, 5.41) is 2.56. The second-order valence-corrected chi connectivity index (χ2v) is 7.62. The molecule has 158 valence electrons. The van der Waals surface area contributed by atoms with Crippen molar-refractivity contribution >= 4 is 15.7 Å². The molecular weight excluding hydrogens is 418 g/mol. The van der Waals surface area contributed by atoms with Crippen LogP contribution in [0.1, 0.15) is 15.9 Å². The third kappa shape index (κ3) is 5.83. The Morgan fingerprint density at radius 1 is 1.03 bits per heavy atom. The molecule has 0 aliphatic carbocycles. The van der Waals surface area contributed by atoms with E-state index < -0.39 is 33.0 Å². The number of benzene rings is 2. The quantitative estimate of drug-likeness (QED) is 0.612. The summed E-state index contributed by atoms with van der Waals surface area (Å²) in [6.45, 7) is -2.88. The van der Waals surface area contributed by atoms with E-state index in [0.717, 1.165) is 24.3 Å².